The van der Waals surface area contributed by atoms with E-state index in [0.717, 1.165) is 12.5 Å². The summed E-state index contributed by atoms with van der Waals surface area (Å²) in [6.45, 7) is 2.40. The van der Waals surface area contributed by atoms with E-state index < -0.39 is 23.5 Å². The number of ether oxygens (including phenoxy) is 1. The number of hydrogen-bond acceptors (Lipinski definition) is 2. The van der Waals surface area contributed by atoms with E-state index >= 15 is 0 Å². The molecule has 0 spiro atoms. The largest absolute Gasteiger partial charge is 0.370 e. The third-order valence-corrected chi connectivity index (χ3v) is 2.84. The molecule has 0 radical (unpaired) electrons. The first-order valence-corrected chi connectivity index (χ1v) is 5.20. The lowest BCUT2D eigenvalue weighted by molar-refractivity contribution is 0.0575. The van der Waals surface area contributed by atoms with Crippen LogP contribution in [-0.4, -0.2) is 18.5 Å². The predicted octanol–water partition coefficient (Wildman–Crippen LogP) is 2.57. The second-order valence-corrected chi connectivity index (χ2v) is 4.05. The quantitative estimate of drug-likeness (QED) is 0.724. The Balaban J connectivity index is 2.27. The monoisotopic (exact) mass is 226 g/mol. The highest BCUT2D eigenvalue weighted by Crippen LogP contribution is 2.24. The van der Waals surface area contributed by atoms with E-state index in [4.69, 9.17) is 4.74 Å². The first-order chi connectivity index (χ1) is 7.59. The van der Waals surface area contributed by atoms with Crippen molar-refractivity contribution in [3.63, 3.8) is 0 Å². The molecule has 0 aromatic heterocycles. The molecule has 4 heteroatoms. The van der Waals surface area contributed by atoms with Crippen LogP contribution >= 0.6 is 0 Å². The lowest BCUT2D eigenvalue weighted by Crippen LogP contribution is -2.26. The van der Waals surface area contributed by atoms with Crippen LogP contribution in [0.1, 0.15) is 23.7 Å². The van der Waals surface area contributed by atoms with Crippen molar-refractivity contribution >= 4 is 5.78 Å². The zero-order chi connectivity index (χ0) is 11.7. The van der Waals surface area contributed by atoms with Crippen molar-refractivity contribution in [3.05, 3.63) is 35.4 Å². The van der Waals surface area contributed by atoms with Crippen molar-refractivity contribution in [1.29, 1.82) is 0 Å². The topological polar surface area (TPSA) is 26.3 Å². The van der Waals surface area contributed by atoms with Crippen LogP contribution in [-0.2, 0) is 4.74 Å². The standard InChI is InChI=1S/C12H12F2O2/c1-7-4-5-16-12(7)11(15)9-3-2-8(13)6-10(9)14/h2-3,6-7,12H,4-5H2,1H3. The van der Waals surface area contributed by atoms with Crippen molar-refractivity contribution in [2.24, 2.45) is 5.92 Å². The van der Waals surface area contributed by atoms with Crippen LogP contribution < -0.4 is 0 Å². The van der Waals surface area contributed by atoms with Crippen LogP contribution in [0.15, 0.2) is 18.2 Å². The van der Waals surface area contributed by atoms with Gasteiger partial charge in [0.2, 0.25) is 0 Å². The number of carbonyl (C=O) groups excluding carboxylic acids is 1. The number of halogens is 2. The summed E-state index contributed by atoms with van der Waals surface area (Å²) < 4.78 is 31.3. The highest BCUT2D eigenvalue weighted by molar-refractivity contribution is 6.00. The summed E-state index contributed by atoms with van der Waals surface area (Å²) in [5.74, 6) is -1.83. The Bertz CT molecular complexity index is 417. The molecular weight excluding hydrogens is 214 g/mol. The average molecular weight is 226 g/mol. The summed E-state index contributed by atoms with van der Waals surface area (Å²) in [5.41, 5.74) is -0.0971. The van der Waals surface area contributed by atoms with Gasteiger partial charge < -0.3 is 4.74 Å². The van der Waals surface area contributed by atoms with Gasteiger partial charge in [-0.05, 0) is 24.5 Å². The summed E-state index contributed by atoms with van der Waals surface area (Å²) >= 11 is 0. The maximum atomic E-state index is 13.4. The first-order valence-electron chi connectivity index (χ1n) is 5.20. The second-order valence-electron chi connectivity index (χ2n) is 4.05. The summed E-state index contributed by atoms with van der Waals surface area (Å²) in [7, 11) is 0. The van der Waals surface area contributed by atoms with Crippen LogP contribution in [0.4, 0.5) is 8.78 Å². The van der Waals surface area contributed by atoms with Crippen molar-refractivity contribution in [2.75, 3.05) is 6.61 Å². The van der Waals surface area contributed by atoms with Gasteiger partial charge in [0.15, 0.2) is 5.78 Å². The maximum absolute atomic E-state index is 13.4. The van der Waals surface area contributed by atoms with Crippen molar-refractivity contribution in [3.8, 4) is 0 Å². The molecule has 0 amide bonds. The number of ketones is 1. The van der Waals surface area contributed by atoms with Gasteiger partial charge in [0.25, 0.3) is 0 Å². The third-order valence-electron chi connectivity index (χ3n) is 2.84. The van der Waals surface area contributed by atoms with Crippen molar-refractivity contribution in [1.82, 2.24) is 0 Å². The van der Waals surface area contributed by atoms with E-state index in [1.165, 1.54) is 6.07 Å². The fourth-order valence-electron chi connectivity index (χ4n) is 1.87. The molecule has 0 saturated carbocycles. The van der Waals surface area contributed by atoms with Gasteiger partial charge in [0.1, 0.15) is 17.7 Å². The minimum absolute atomic E-state index is 0.0805. The van der Waals surface area contributed by atoms with Crippen LogP contribution in [0.3, 0.4) is 0 Å². The molecule has 1 saturated heterocycles. The number of hydrogen-bond donors (Lipinski definition) is 0. The van der Waals surface area contributed by atoms with Gasteiger partial charge >= 0.3 is 0 Å². The maximum Gasteiger partial charge on any atom is 0.194 e. The SMILES string of the molecule is CC1CCOC1C(=O)c1ccc(F)cc1F. The van der Waals surface area contributed by atoms with Gasteiger partial charge in [0.05, 0.1) is 5.56 Å². The van der Waals surface area contributed by atoms with Crippen LogP contribution in [0.2, 0.25) is 0 Å². The average Bonchev–Trinajstić information content (AvgIpc) is 2.63. The zero-order valence-electron chi connectivity index (χ0n) is 8.87. The molecule has 0 N–H and O–H groups in total. The van der Waals surface area contributed by atoms with E-state index in [0.29, 0.717) is 12.7 Å². The molecule has 1 aliphatic rings. The van der Waals surface area contributed by atoms with E-state index in [2.05, 4.69) is 0 Å². The van der Waals surface area contributed by atoms with Crippen LogP contribution in [0.25, 0.3) is 0 Å². The van der Waals surface area contributed by atoms with E-state index in [-0.39, 0.29) is 11.5 Å². The number of rotatable bonds is 2. The van der Waals surface area contributed by atoms with Crippen molar-refractivity contribution < 1.29 is 18.3 Å². The molecule has 0 aliphatic carbocycles. The lowest BCUT2D eigenvalue weighted by atomic mass is 9.96. The molecule has 1 aliphatic heterocycles. The fraction of sp³-hybridized carbons (Fsp3) is 0.417. The third kappa shape index (κ3) is 1.97. The van der Waals surface area contributed by atoms with Crippen LogP contribution in [0, 0.1) is 17.6 Å². The minimum Gasteiger partial charge on any atom is -0.370 e. The zero-order valence-corrected chi connectivity index (χ0v) is 8.87. The molecule has 1 heterocycles. The van der Waals surface area contributed by atoms with Gasteiger partial charge in [-0.2, -0.15) is 0 Å². The smallest absolute Gasteiger partial charge is 0.194 e. The van der Waals surface area contributed by atoms with Gasteiger partial charge in [-0.3, -0.25) is 4.79 Å². The number of carbonyl (C=O) groups is 1. The number of benzene rings is 1. The van der Waals surface area contributed by atoms with Gasteiger partial charge in [-0.15, -0.1) is 0 Å². The Morgan fingerprint density at radius 1 is 1.44 bits per heavy atom. The Labute approximate surface area is 92.2 Å². The van der Waals surface area contributed by atoms with Crippen molar-refractivity contribution in [2.45, 2.75) is 19.4 Å². The molecule has 2 rings (SSSR count). The molecule has 1 aromatic carbocycles. The summed E-state index contributed by atoms with van der Waals surface area (Å²) in [5, 5.41) is 0. The molecule has 86 valence electrons. The Hall–Kier alpha value is -1.29. The highest BCUT2D eigenvalue weighted by atomic mass is 19.1. The molecular formula is C12H12F2O2. The van der Waals surface area contributed by atoms with Gasteiger partial charge in [0, 0.05) is 12.7 Å². The Morgan fingerprint density at radius 2 is 2.19 bits per heavy atom. The first kappa shape index (κ1) is 11.2. The minimum atomic E-state index is -0.826. The Morgan fingerprint density at radius 3 is 2.75 bits per heavy atom. The molecule has 1 fully saturated rings. The van der Waals surface area contributed by atoms with Gasteiger partial charge in [-0.1, -0.05) is 6.92 Å². The van der Waals surface area contributed by atoms with Crippen LogP contribution in [0.5, 0.6) is 0 Å². The highest BCUT2D eigenvalue weighted by Gasteiger charge is 2.32. The number of Topliss-reactive ketones (excluding diaryl/α,β-unsaturated/α-hetero) is 1. The molecule has 16 heavy (non-hydrogen) atoms. The second kappa shape index (κ2) is 4.29. The molecule has 0 bridgehead atoms. The lowest BCUT2D eigenvalue weighted by Gasteiger charge is -2.13. The molecule has 2 unspecified atom stereocenters. The van der Waals surface area contributed by atoms with E-state index in [1.807, 2.05) is 6.92 Å². The summed E-state index contributed by atoms with van der Waals surface area (Å²) in [4.78, 5) is 11.9. The molecule has 2 atom stereocenters. The summed E-state index contributed by atoms with van der Waals surface area (Å²) in [6, 6.07) is 2.96. The normalized spacial score (nSPS) is 24.7. The predicted molar refractivity (Wildman–Crippen MR) is 54.2 cm³/mol. The Kier molecular flexibility index (Phi) is 3.01. The fourth-order valence-corrected chi connectivity index (χ4v) is 1.87. The van der Waals surface area contributed by atoms with E-state index in [1.54, 1.807) is 0 Å². The summed E-state index contributed by atoms with van der Waals surface area (Å²) in [6.07, 6.45) is 0.194. The van der Waals surface area contributed by atoms with E-state index in [9.17, 15) is 13.6 Å². The molecule has 1 aromatic rings. The van der Waals surface area contributed by atoms with Gasteiger partial charge in [-0.25, -0.2) is 8.78 Å². The molecule has 2 nitrogen and oxygen atoms in total.